The van der Waals surface area contributed by atoms with Gasteiger partial charge in [-0.3, -0.25) is 96.0 Å². The third-order valence-electron chi connectivity index (χ3n) is 23.6. The Labute approximate surface area is 788 Å². The van der Waals surface area contributed by atoms with E-state index in [-0.39, 0.29) is 97.3 Å². The smallest absolute Gasteiger partial charge is 0.304 e. The van der Waals surface area contributed by atoms with Gasteiger partial charge in [-0.25, -0.2) is 4.98 Å². The van der Waals surface area contributed by atoms with Gasteiger partial charge in [0.15, 0.2) is 34.7 Å². The molecule has 1 aromatic heterocycles. The number of anilines is 1. The van der Waals surface area contributed by atoms with Crippen LogP contribution in [0.3, 0.4) is 0 Å². The molecule has 0 saturated carbocycles. The molecule has 0 unspecified atom stereocenters. The second-order valence-electron chi connectivity index (χ2n) is 35.3. The average Bonchev–Trinajstić information content (AvgIpc) is 0.818. The van der Waals surface area contributed by atoms with E-state index in [9.17, 15) is 137 Å². The van der Waals surface area contributed by atoms with Gasteiger partial charge >= 0.3 is 17.9 Å². The van der Waals surface area contributed by atoms with Crippen molar-refractivity contribution < 1.29 is 137 Å². The molecule has 0 saturated heterocycles. The van der Waals surface area contributed by atoms with E-state index in [1.165, 1.54) is 48.5 Å². The number of benzene rings is 3. The summed E-state index contributed by atoms with van der Waals surface area (Å²) < 4.78 is 0. The van der Waals surface area contributed by atoms with E-state index in [4.69, 9.17) is 5.73 Å². The first kappa shape index (κ1) is 114. The van der Waals surface area contributed by atoms with Crippen molar-refractivity contribution in [3.05, 3.63) is 119 Å². The number of amides is 8. The molecule has 1 aliphatic rings. The largest absolute Gasteiger partial charge is 0.508 e. The summed E-state index contributed by atoms with van der Waals surface area (Å²) in [6, 6.07) is 14.1. The van der Waals surface area contributed by atoms with Gasteiger partial charge in [-0.2, -0.15) is 0 Å². The molecule has 0 fully saturated rings. The van der Waals surface area contributed by atoms with Crippen LogP contribution in [-0.2, 0) is 117 Å². The predicted molar refractivity (Wildman–Crippen MR) is 493 cm³/mol. The second kappa shape index (κ2) is 58.4. The highest BCUT2D eigenvalue weighted by Gasteiger charge is 2.41. The predicted octanol–water partition coefficient (Wildman–Crippen LogP) is 3.44. The number of hydrogen-bond acceptors (Lipinski definition) is 28. The summed E-state index contributed by atoms with van der Waals surface area (Å²) >= 11 is 0.985. The van der Waals surface area contributed by atoms with Crippen LogP contribution in [0.2, 0.25) is 0 Å². The summed E-state index contributed by atoms with van der Waals surface area (Å²) in [7, 11) is 0. The number of hydrogen-bond donors (Lipinski definition) is 17. The van der Waals surface area contributed by atoms with Crippen LogP contribution in [0.1, 0.15) is 193 Å². The van der Waals surface area contributed by atoms with Crippen molar-refractivity contribution in [3.8, 4) is 11.5 Å². The average molecular weight is 1910 g/mol. The number of nitrogens with one attached hydrogen (secondary N) is 7. The van der Waals surface area contributed by atoms with Gasteiger partial charge in [-0.15, -0.1) is 11.8 Å². The first-order chi connectivity index (χ1) is 63.9. The summed E-state index contributed by atoms with van der Waals surface area (Å²) in [6.07, 6.45) is -7.28. The van der Waals surface area contributed by atoms with Crippen LogP contribution < -0.4 is 47.9 Å². The number of carboxylic acid groups (broad SMARTS) is 3. The minimum Gasteiger partial charge on any atom is -0.508 e. The number of aromatic nitrogens is 1. The van der Waals surface area contributed by atoms with Crippen LogP contribution in [0, 0.1) is 53.3 Å². The third-order valence-corrected chi connectivity index (χ3v) is 24.6. The molecule has 0 spiro atoms. The number of carboxylic acids is 3. The molecule has 16 atom stereocenters. The maximum absolute atomic E-state index is 14.9. The molecule has 38 nitrogen and oxygen atoms in total. The maximum atomic E-state index is 14.9. The Morgan fingerprint density at radius 3 is 1.50 bits per heavy atom. The zero-order valence-corrected chi connectivity index (χ0v) is 78.2. The van der Waals surface area contributed by atoms with Crippen molar-refractivity contribution in [2.45, 2.75) is 245 Å². The van der Waals surface area contributed by atoms with E-state index in [1.807, 2.05) is 6.07 Å². The van der Waals surface area contributed by atoms with Crippen molar-refractivity contribution in [3.63, 3.8) is 0 Å². The Morgan fingerprint density at radius 2 is 0.948 bits per heavy atom. The highest BCUT2D eigenvalue weighted by atomic mass is 32.2. The lowest BCUT2D eigenvalue weighted by molar-refractivity contribution is -0.143. The monoisotopic (exact) mass is 1900 g/mol. The summed E-state index contributed by atoms with van der Waals surface area (Å²) in [5.74, 6) is -29.5. The van der Waals surface area contributed by atoms with Gasteiger partial charge in [0.25, 0.3) is 0 Å². The van der Waals surface area contributed by atoms with Crippen LogP contribution in [0.25, 0.3) is 0 Å². The minimum atomic E-state index is -1.99. The van der Waals surface area contributed by atoms with Gasteiger partial charge in [-0.05, 0) is 150 Å². The van der Waals surface area contributed by atoms with Gasteiger partial charge in [0.2, 0.25) is 47.3 Å². The molecule has 18 N–H and O–H groups in total. The first-order valence-electron chi connectivity index (χ1n) is 45.6. The number of carbonyl (C=O) groups excluding carboxylic acids is 16. The summed E-state index contributed by atoms with van der Waals surface area (Å²) in [5.41, 5.74) is 7.69. The van der Waals surface area contributed by atoms with E-state index in [1.54, 1.807) is 82.1 Å². The topological polar surface area (TPSA) is 633 Å². The fourth-order valence-electron chi connectivity index (χ4n) is 15.6. The number of rotatable bonds is 67. The highest BCUT2D eigenvalue weighted by molar-refractivity contribution is 8.00. The van der Waals surface area contributed by atoms with Crippen LogP contribution >= 0.6 is 11.8 Å². The van der Waals surface area contributed by atoms with E-state index in [2.05, 4.69) is 42.2 Å². The number of ketones is 8. The molecule has 135 heavy (non-hydrogen) atoms. The number of aliphatic carboxylic acids is 3. The lowest BCUT2D eigenvalue weighted by atomic mass is 9.85. The molecule has 740 valence electrons. The fraction of sp³-hybridized carbons (Fsp3) is 0.562. The lowest BCUT2D eigenvalue weighted by Crippen LogP contribution is -2.52. The lowest BCUT2D eigenvalue weighted by Gasteiger charge is -2.28. The molecule has 3 aromatic carbocycles. The van der Waals surface area contributed by atoms with Crippen LogP contribution in [0.4, 0.5) is 5.82 Å². The molecule has 8 amide bonds. The van der Waals surface area contributed by atoms with Crippen molar-refractivity contribution >= 4 is 129 Å². The molecular weight excluding hydrogens is 1770 g/mol. The Hall–Kier alpha value is -11.9. The molecule has 1 aliphatic heterocycles. The number of pyridine rings is 1. The van der Waals surface area contributed by atoms with Gasteiger partial charge in [0.05, 0.1) is 110 Å². The number of unbranched alkanes of at least 4 members (excludes halogenated alkanes) is 1. The zero-order valence-electron chi connectivity index (χ0n) is 77.4. The van der Waals surface area contributed by atoms with Crippen molar-refractivity contribution in [2.75, 3.05) is 49.3 Å². The van der Waals surface area contributed by atoms with Gasteiger partial charge in [0.1, 0.15) is 34.9 Å². The number of aryl methyl sites for hydroxylation is 1. The standard InChI is InChI=1S/C96H132N10O28S/c1-8-55(4)88(83(120)43-64(37-60-21-27-68(111)28-22-60)92(130)101-75(36-54(2)3)79(116)41-65(45-86(124)125)91(129)100-56(5)16-12-13-33-97)105-94(132)67(50-107)44-80(117)76(39-61-23-29-69(112)30-24-61)102-93(131)66(46-87(126)127)42-81(118)78(51-108)104-96(134)74(58(7)110)48-82(119)77(38-59-17-10-9-11-18-59)103-95(133)73(57(6)109)47-71(114)49-99-90(128)63(26-32-85(122)123)40-72(115)53-135-52-70(113)20-15-35-106-84(121)31-25-62-19-14-34-98-89(62)106/h9-11,14,17-19,21-24,27-30,34,54-58,63-67,73-78,88,107-112H,8,12-13,15-16,20,25-26,31-33,35-53,97H2,1-7H3,(H,99,128)(H,100,129)(H,101,130)(H,102,131)(H,103,133)(H,104,134)(H,105,132)(H,122,123)(H,124,125)(H,126,127)/t55-,56+,57+,58+,63+,64+,65-,66-,67-,73-,74-,75-,76-,77-,78-,88-/m0/s1. The third kappa shape index (κ3) is 40.3. The molecule has 2 heterocycles. The summed E-state index contributed by atoms with van der Waals surface area (Å²) in [6.45, 7) is 8.42. The maximum Gasteiger partial charge on any atom is 0.304 e. The number of phenolic OH excluding ortho intramolecular Hbond substituents is 2. The van der Waals surface area contributed by atoms with Crippen LogP contribution in [-0.4, -0.2) is 255 Å². The van der Waals surface area contributed by atoms with Crippen molar-refractivity contribution in [2.24, 2.45) is 59.0 Å². The zero-order chi connectivity index (χ0) is 100. The summed E-state index contributed by atoms with van der Waals surface area (Å²) in [5, 5.41) is 111. The quantitative estimate of drug-likeness (QED) is 0.0281. The Kier molecular flexibility index (Phi) is 49.1. The number of nitrogens with zero attached hydrogens (tertiary/aromatic N) is 2. The second-order valence-corrected chi connectivity index (χ2v) is 36.3. The van der Waals surface area contributed by atoms with Gasteiger partial charge in [0, 0.05) is 94.8 Å². The number of aliphatic hydroxyl groups is 4. The van der Waals surface area contributed by atoms with E-state index in [0.29, 0.717) is 62.0 Å². The van der Waals surface area contributed by atoms with Crippen LogP contribution in [0.15, 0.2) is 97.2 Å². The van der Waals surface area contributed by atoms with Gasteiger partial charge < -0.3 is 88.9 Å². The van der Waals surface area contributed by atoms with E-state index < -0.39 is 280 Å². The van der Waals surface area contributed by atoms with E-state index in [0.717, 1.165) is 31.2 Å². The molecule has 39 heteroatoms. The van der Waals surface area contributed by atoms with Crippen molar-refractivity contribution in [1.29, 1.82) is 0 Å². The fourth-order valence-corrected chi connectivity index (χ4v) is 16.4. The molecule has 4 aromatic rings. The number of fused-ring (bicyclic) bond motifs is 1. The molecular formula is C96H132N10O28S. The van der Waals surface area contributed by atoms with Gasteiger partial charge in [-0.1, -0.05) is 101 Å². The Morgan fingerprint density at radius 1 is 0.452 bits per heavy atom. The first-order valence-corrected chi connectivity index (χ1v) is 46.7. The summed E-state index contributed by atoms with van der Waals surface area (Å²) in [4.78, 5) is 267. The Bertz CT molecular complexity index is 4710. The number of Topliss-reactive ketones (excluding diaryl/α,β-unsaturated/α-hetero) is 8. The van der Waals surface area contributed by atoms with Crippen LogP contribution in [0.5, 0.6) is 11.5 Å². The molecule has 5 rings (SSSR count). The highest BCUT2D eigenvalue weighted by Crippen LogP contribution is 2.29. The normalized spacial score (nSPS) is 15.4. The Balaban J connectivity index is 1.28. The molecule has 0 aliphatic carbocycles. The number of carbonyl (C=O) groups is 19. The molecule has 0 bridgehead atoms. The number of phenols is 2. The molecule has 0 radical (unpaired) electrons. The van der Waals surface area contributed by atoms with E-state index >= 15 is 0 Å². The number of aliphatic hydroxyl groups excluding tert-OH is 4. The number of nitrogens with two attached hydrogens (primary N) is 1. The SMILES string of the molecule is CC[C@H](C)[C@H](NC(=O)[C@H](CO)CC(=O)[C@H](Cc1ccc(O)cc1)NC(=O)[C@H](CC(=O)O)CC(=O)[C@H](CO)NC(=O)[C@@H](CC(=O)[C@H](Cc1ccccc1)NC(=O)[C@@H](CC(=O)CNC(=O)[C@H](CCC(=O)O)CC(=O)CSCC(=O)CCCN1C(=O)CCc2cccnc21)[C@@H](C)O)[C@@H](C)O)C(=O)C[C@@H](Cc1ccc(O)cc1)C(=O)N[C@@H](CC(C)C)C(=O)C[C@@H](CC(=O)O)C(=O)N[C@H](C)CCCCN. The minimum absolute atomic E-state index is 0.0247. The number of aromatic hydroxyl groups is 2. The number of thioether (sulfide) groups is 1. The van der Waals surface area contributed by atoms with Crippen molar-refractivity contribution in [1.82, 2.24) is 42.2 Å².